The van der Waals surface area contributed by atoms with E-state index in [1.165, 1.54) is 13.5 Å². The van der Waals surface area contributed by atoms with Crippen LogP contribution >= 0.6 is 0 Å². The summed E-state index contributed by atoms with van der Waals surface area (Å²) in [7, 11) is 1.46. The van der Waals surface area contributed by atoms with Gasteiger partial charge in [-0.2, -0.15) is 0 Å². The lowest BCUT2D eigenvalue weighted by Crippen LogP contribution is -2.34. The van der Waals surface area contributed by atoms with Crippen LogP contribution in [-0.2, 0) is 11.4 Å². The number of rotatable bonds is 5. The maximum absolute atomic E-state index is 12.0. The van der Waals surface area contributed by atoms with Crippen LogP contribution in [0, 0.1) is 0 Å². The number of aromatic hydroxyl groups is 1. The molecule has 0 bridgehead atoms. The number of phenols is 1. The standard InChI is InChI=1S/C18H23NO4/c1-23-16-12-14(11-15(13-20)18(16)22)7-3-4-8-17(21)19-9-5-2-6-10-19/h3-4,7-8,11-12,20,22H,2,5-6,9-10,13H2,1H3/b7-3+,8-4+. The van der Waals surface area contributed by atoms with E-state index in [0.717, 1.165) is 31.5 Å². The zero-order valence-corrected chi connectivity index (χ0v) is 13.4. The average molecular weight is 317 g/mol. The van der Waals surface area contributed by atoms with Crippen LogP contribution in [-0.4, -0.2) is 41.2 Å². The minimum absolute atomic E-state index is 0.0358. The fraction of sp³-hybridized carbons (Fsp3) is 0.389. The number of hydrogen-bond donors (Lipinski definition) is 2. The van der Waals surface area contributed by atoms with E-state index in [1.807, 2.05) is 4.90 Å². The Kier molecular flexibility index (Phi) is 6.23. The Morgan fingerprint density at radius 1 is 1.26 bits per heavy atom. The molecule has 0 unspecified atom stereocenters. The molecule has 2 N–H and O–H groups in total. The predicted octanol–water partition coefficient (Wildman–Crippen LogP) is 2.48. The summed E-state index contributed by atoms with van der Waals surface area (Å²) >= 11 is 0. The minimum Gasteiger partial charge on any atom is -0.504 e. The normalized spacial score (nSPS) is 15.5. The molecule has 0 spiro atoms. The molecule has 1 saturated heterocycles. The number of nitrogens with zero attached hydrogens (tertiary/aromatic N) is 1. The van der Waals surface area contributed by atoms with Gasteiger partial charge in [-0.05, 0) is 37.0 Å². The molecular formula is C18H23NO4. The molecular weight excluding hydrogens is 294 g/mol. The molecule has 2 rings (SSSR count). The van der Waals surface area contributed by atoms with Gasteiger partial charge in [-0.15, -0.1) is 0 Å². The van der Waals surface area contributed by atoms with Crippen LogP contribution < -0.4 is 4.74 Å². The number of carbonyl (C=O) groups is 1. The van der Waals surface area contributed by atoms with Crippen molar-refractivity contribution in [3.8, 4) is 11.5 Å². The smallest absolute Gasteiger partial charge is 0.246 e. The van der Waals surface area contributed by atoms with Crippen molar-refractivity contribution in [3.63, 3.8) is 0 Å². The first-order valence-electron chi connectivity index (χ1n) is 7.80. The van der Waals surface area contributed by atoms with Crippen molar-refractivity contribution >= 4 is 12.0 Å². The van der Waals surface area contributed by atoms with Crippen molar-refractivity contribution in [1.82, 2.24) is 4.90 Å². The lowest BCUT2D eigenvalue weighted by atomic mass is 10.1. The highest BCUT2D eigenvalue weighted by Gasteiger charge is 2.13. The number of hydrogen-bond acceptors (Lipinski definition) is 4. The number of methoxy groups -OCH3 is 1. The van der Waals surface area contributed by atoms with E-state index in [9.17, 15) is 15.0 Å². The number of amides is 1. The third-order valence-electron chi connectivity index (χ3n) is 3.87. The lowest BCUT2D eigenvalue weighted by Gasteiger charge is -2.25. The zero-order chi connectivity index (χ0) is 16.7. The number of aliphatic hydroxyl groups excluding tert-OH is 1. The Bertz CT molecular complexity index is 576. The topological polar surface area (TPSA) is 70.0 Å². The molecule has 0 atom stereocenters. The van der Waals surface area contributed by atoms with Crippen LogP contribution in [0.3, 0.4) is 0 Å². The maximum atomic E-state index is 12.0. The van der Waals surface area contributed by atoms with Gasteiger partial charge in [0.25, 0.3) is 0 Å². The molecule has 1 aliphatic rings. The van der Waals surface area contributed by atoms with Crippen molar-refractivity contribution in [2.75, 3.05) is 20.2 Å². The van der Waals surface area contributed by atoms with Crippen LogP contribution in [0.15, 0.2) is 30.4 Å². The maximum Gasteiger partial charge on any atom is 0.246 e. The van der Waals surface area contributed by atoms with Gasteiger partial charge < -0.3 is 19.8 Å². The van der Waals surface area contributed by atoms with Crippen LogP contribution in [0.4, 0.5) is 0 Å². The second kappa shape index (κ2) is 8.39. The second-order valence-electron chi connectivity index (χ2n) is 5.49. The van der Waals surface area contributed by atoms with Gasteiger partial charge in [-0.3, -0.25) is 4.79 Å². The molecule has 1 aromatic carbocycles. The Morgan fingerprint density at radius 3 is 2.65 bits per heavy atom. The first kappa shape index (κ1) is 17.1. The fourth-order valence-electron chi connectivity index (χ4n) is 2.59. The Labute approximate surface area is 136 Å². The van der Waals surface area contributed by atoms with E-state index in [0.29, 0.717) is 11.3 Å². The monoisotopic (exact) mass is 317 g/mol. The fourth-order valence-corrected chi connectivity index (χ4v) is 2.59. The van der Waals surface area contributed by atoms with Crippen LogP contribution in [0.2, 0.25) is 0 Å². The van der Waals surface area contributed by atoms with Gasteiger partial charge in [0, 0.05) is 24.7 Å². The van der Waals surface area contributed by atoms with Gasteiger partial charge in [0.05, 0.1) is 13.7 Å². The molecule has 23 heavy (non-hydrogen) atoms. The molecule has 0 radical (unpaired) electrons. The molecule has 0 aromatic heterocycles. The quantitative estimate of drug-likeness (QED) is 0.646. The molecule has 1 heterocycles. The number of carbonyl (C=O) groups excluding carboxylic acids is 1. The van der Waals surface area contributed by atoms with Crippen molar-refractivity contribution in [3.05, 3.63) is 41.5 Å². The Morgan fingerprint density at radius 2 is 2.00 bits per heavy atom. The highest BCUT2D eigenvalue weighted by molar-refractivity contribution is 5.88. The van der Waals surface area contributed by atoms with E-state index in [4.69, 9.17) is 4.74 Å². The van der Waals surface area contributed by atoms with Gasteiger partial charge >= 0.3 is 0 Å². The molecule has 1 fully saturated rings. The van der Waals surface area contributed by atoms with Crippen molar-refractivity contribution in [2.24, 2.45) is 0 Å². The van der Waals surface area contributed by atoms with Crippen molar-refractivity contribution in [2.45, 2.75) is 25.9 Å². The molecule has 0 aliphatic carbocycles. The zero-order valence-electron chi connectivity index (χ0n) is 13.4. The van der Waals surface area contributed by atoms with Gasteiger partial charge in [-0.25, -0.2) is 0 Å². The van der Waals surface area contributed by atoms with Crippen LogP contribution in [0.5, 0.6) is 11.5 Å². The molecule has 124 valence electrons. The van der Waals surface area contributed by atoms with Gasteiger partial charge in [0.2, 0.25) is 5.91 Å². The largest absolute Gasteiger partial charge is 0.504 e. The number of benzene rings is 1. The third-order valence-corrected chi connectivity index (χ3v) is 3.87. The van der Waals surface area contributed by atoms with Crippen LogP contribution in [0.25, 0.3) is 6.08 Å². The first-order valence-corrected chi connectivity index (χ1v) is 7.80. The summed E-state index contributed by atoms with van der Waals surface area (Å²) in [4.78, 5) is 13.8. The first-order chi connectivity index (χ1) is 11.2. The van der Waals surface area contributed by atoms with Crippen molar-refractivity contribution in [1.29, 1.82) is 0 Å². The van der Waals surface area contributed by atoms with E-state index >= 15 is 0 Å². The van der Waals surface area contributed by atoms with Crippen molar-refractivity contribution < 1.29 is 19.7 Å². The summed E-state index contributed by atoms with van der Waals surface area (Å²) in [5, 5.41) is 19.1. The Hall–Kier alpha value is -2.27. The summed E-state index contributed by atoms with van der Waals surface area (Å²) < 4.78 is 5.08. The molecule has 1 aromatic rings. The highest BCUT2D eigenvalue weighted by atomic mass is 16.5. The molecule has 5 heteroatoms. The molecule has 5 nitrogen and oxygen atoms in total. The Balaban J connectivity index is 2.02. The van der Waals surface area contributed by atoms with E-state index < -0.39 is 0 Å². The number of aliphatic hydroxyl groups is 1. The minimum atomic E-state index is -0.271. The highest BCUT2D eigenvalue weighted by Crippen LogP contribution is 2.31. The predicted molar refractivity (Wildman–Crippen MR) is 89.2 cm³/mol. The molecule has 0 saturated carbocycles. The summed E-state index contributed by atoms with van der Waals surface area (Å²) in [5.41, 5.74) is 1.18. The SMILES string of the molecule is COc1cc(/C=C/C=C/C(=O)N2CCCCC2)cc(CO)c1O. The number of piperidine rings is 1. The summed E-state index contributed by atoms with van der Waals surface area (Å²) in [6, 6.07) is 3.35. The van der Waals surface area contributed by atoms with E-state index in [2.05, 4.69) is 0 Å². The number of allylic oxidation sites excluding steroid dienone is 2. The summed E-state index contributed by atoms with van der Waals surface area (Å²) in [6.45, 7) is 1.40. The lowest BCUT2D eigenvalue weighted by molar-refractivity contribution is -0.126. The molecule has 1 amide bonds. The summed E-state index contributed by atoms with van der Waals surface area (Å²) in [6.07, 6.45) is 10.2. The summed E-state index contributed by atoms with van der Waals surface area (Å²) in [5.74, 6) is 0.293. The number of ether oxygens (including phenoxy) is 1. The average Bonchev–Trinajstić information content (AvgIpc) is 2.60. The third kappa shape index (κ3) is 4.60. The second-order valence-corrected chi connectivity index (χ2v) is 5.49. The van der Waals surface area contributed by atoms with E-state index in [1.54, 1.807) is 36.4 Å². The van der Waals surface area contributed by atoms with E-state index in [-0.39, 0.29) is 18.3 Å². The number of likely N-dealkylation sites (tertiary alicyclic amines) is 1. The van der Waals surface area contributed by atoms with Crippen LogP contribution in [0.1, 0.15) is 30.4 Å². The molecule has 1 aliphatic heterocycles. The van der Waals surface area contributed by atoms with Gasteiger partial charge in [0.1, 0.15) is 0 Å². The van der Waals surface area contributed by atoms with Gasteiger partial charge in [0.15, 0.2) is 11.5 Å². The van der Waals surface area contributed by atoms with Gasteiger partial charge in [-0.1, -0.05) is 18.2 Å².